The predicted molar refractivity (Wildman–Crippen MR) is 61.4 cm³/mol. The summed E-state index contributed by atoms with van der Waals surface area (Å²) in [5.41, 5.74) is 0.389. The third kappa shape index (κ3) is 2.54. The summed E-state index contributed by atoms with van der Waals surface area (Å²) in [6.07, 6.45) is 1.23. The molecule has 0 aromatic carbocycles. The molecule has 16 heavy (non-hydrogen) atoms. The molecular formula is C11H22ClNO2S. The molecule has 0 saturated carbocycles. The maximum Gasteiger partial charge on any atom is 0.161 e. The Balaban J connectivity index is 0.00000128. The van der Waals surface area contributed by atoms with Crippen LogP contribution in [0.3, 0.4) is 0 Å². The minimum absolute atomic E-state index is 0. The minimum atomic E-state index is -2.72. The Morgan fingerprint density at radius 3 is 2.06 bits per heavy atom. The molecule has 0 bridgehead atoms. The van der Waals surface area contributed by atoms with E-state index in [0.29, 0.717) is 23.0 Å². The number of rotatable bonds is 0. The molecule has 96 valence electrons. The third-order valence-corrected chi connectivity index (χ3v) is 5.83. The highest BCUT2D eigenvalue weighted by Crippen LogP contribution is 2.40. The van der Waals surface area contributed by atoms with Gasteiger partial charge in [0.15, 0.2) is 9.84 Å². The molecule has 0 amide bonds. The van der Waals surface area contributed by atoms with E-state index in [1.807, 2.05) is 0 Å². The summed E-state index contributed by atoms with van der Waals surface area (Å²) in [5.74, 6) is 0.792. The molecule has 2 fully saturated rings. The summed E-state index contributed by atoms with van der Waals surface area (Å²) in [7, 11) is -2.72. The maximum atomic E-state index is 11.4. The van der Waals surface area contributed by atoms with Crippen LogP contribution in [0, 0.1) is 5.41 Å². The monoisotopic (exact) mass is 267 g/mol. The highest BCUT2D eigenvalue weighted by Gasteiger charge is 2.50. The normalized spacial score (nSPS) is 34.6. The van der Waals surface area contributed by atoms with E-state index in [9.17, 15) is 8.42 Å². The molecule has 0 aromatic heterocycles. The summed E-state index contributed by atoms with van der Waals surface area (Å²) in [4.78, 5) is 0. The van der Waals surface area contributed by atoms with Gasteiger partial charge in [0.2, 0.25) is 0 Å². The summed E-state index contributed by atoms with van der Waals surface area (Å²) in [5, 5.41) is 0. The first kappa shape index (κ1) is 14.3. The van der Waals surface area contributed by atoms with E-state index in [0.717, 1.165) is 24.1 Å². The van der Waals surface area contributed by atoms with Crippen LogP contribution in [-0.2, 0) is 9.84 Å². The van der Waals surface area contributed by atoms with E-state index in [4.69, 9.17) is 0 Å². The number of hydrogen-bond donors (Lipinski definition) is 0. The topological polar surface area (TPSA) is 34.1 Å². The van der Waals surface area contributed by atoms with Gasteiger partial charge in [-0.3, -0.25) is 0 Å². The van der Waals surface area contributed by atoms with Gasteiger partial charge in [-0.25, -0.2) is 8.42 Å². The number of hydrogen-bond acceptors (Lipinski definition) is 2. The van der Waals surface area contributed by atoms with Gasteiger partial charge in [-0.05, 0) is 6.92 Å². The molecule has 1 spiro atoms. The van der Waals surface area contributed by atoms with E-state index in [-0.39, 0.29) is 12.4 Å². The van der Waals surface area contributed by atoms with Gasteiger partial charge in [0, 0.05) is 11.8 Å². The molecule has 2 saturated heterocycles. The lowest BCUT2D eigenvalue weighted by Gasteiger charge is -2.42. The second kappa shape index (κ2) is 4.14. The Bertz CT molecular complexity index is 350. The lowest BCUT2D eigenvalue weighted by atomic mass is 9.91. The van der Waals surface area contributed by atoms with Crippen LogP contribution in [-0.4, -0.2) is 50.1 Å². The first-order valence-corrected chi connectivity index (χ1v) is 7.63. The van der Waals surface area contributed by atoms with Gasteiger partial charge in [-0.1, -0.05) is 13.8 Å². The number of quaternary nitrogens is 1. The van der Waals surface area contributed by atoms with Crippen LogP contribution < -0.4 is 12.4 Å². The zero-order valence-corrected chi connectivity index (χ0v) is 11.9. The van der Waals surface area contributed by atoms with E-state index < -0.39 is 9.84 Å². The van der Waals surface area contributed by atoms with Crippen molar-refractivity contribution < 1.29 is 25.3 Å². The van der Waals surface area contributed by atoms with E-state index in [2.05, 4.69) is 20.8 Å². The van der Waals surface area contributed by atoms with Crippen LogP contribution in [0.2, 0.25) is 0 Å². The lowest BCUT2D eigenvalue weighted by molar-refractivity contribution is -0.936. The van der Waals surface area contributed by atoms with Crippen molar-refractivity contribution >= 4 is 9.84 Å². The SMILES string of the molecule is CC1CC(C)(C)C[N+]12CCS(=O)(=O)CC2.[Cl-]. The molecule has 2 aliphatic heterocycles. The summed E-state index contributed by atoms with van der Waals surface area (Å²) < 4.78 is 23.9. The molecular weight excluding hydrogens is 246 g/mol. The smallest absolute Gasteiger partial charge is 0.161 e. The fourth-order valence-corrected chi connectivity index (χ4v) is 5.01. The van der Waals surface area contributed by atoms with Gasteiger partial charge in [0.05, 0.1) is 37.2 Å². The van der Waals surface area contributed by atoms with Crippen molar-refractivity contribution in [2.45, 2.75) is 33.2 Å². The molecule has 0 radical (unpaired) electrons. The quantitative estimate of drug-likeness (QED) is 0.479. The van der Waals surface area contributed by atoms with Crippen LogP contribution in [0.15, 0.2) is 0 Å². The molecule has 0 aliphatic carbocycles. The fourth-order valence-electron chi connectivity index (χ4n) is 3.52. The molecule has 2 heterocycles. The van der Waals surface area contributed by atoms with Crippen molar-refractivity contribution in [2.24, 2.45) is 5.41 Å². The number of sulfone groups is 1. The zero-order chi connectivity index (χ0) is 11.3. The van der Waals surface area contributed by atoms with Gasteiger partial charge in [-0.15, -0.1) is 0 Å². The molecule has 5 heteroatoms. The largest absolute Gasteiger partial charge is 1.00 e. The van der Waals surface area contributed by atoms with E-state index in [1.165, 1.54) is 6.42 Å². The number of halogens is 1. The third-order valence-electron chi connectivity index (χ3n) is 4.22. The van der Waals surface area contributed by atoms with E-state index >= 15 is 0 Å². The summed E-state index contributed by atoms with van der Waals surface area (Å²) in [6, 6.07) is 0.635. The Labute approximate surface area is 105 Å². The van der Waals surface area contributed by atoms with E-state index in [1.54, 1.807) is 0 Å². The number of nitrogens with zero attached hydrogens (tertiary/aromatic N) is 1. The van der Waals surface area contributed by atoms with Gasteiger partial charge in [0.1, 0.15) is 0 Å². The highest BCUT2D eigenvalue weighted by atomic mass is 35.5. The average Bonchev–Trinajstić information content (AvgIpc) is 2.29. The molecule has 1 atom stereocenters. The van der Waals surface area contributed by atoms with Crippen LogP contribution in [0.1, 0.15) is 27.2 Å². The predicted octanol–water partition coefficient (Wildman–Crippen LogP) is -1.95. The summed E-state index contributed by atoms with van der Waals surface area (Å²) >= 11 is 0. The van der Waals surface area contributed by atoms with Crippen LogP contribution >= 0.6 is 0 Å². The second-order valence-electron chi connectivity index (χ2n) is 6.19. The van der Waals surface area contributed by atoms with Crippen molar-refractivity contribution in [3.63, 3.8) is 0 Å². The van der Waals surface area contributed by atoms with Crippen molar-refractivity contribution in [3.8, 4) is 0 Å². The average molecular weight is 268 g/mol. The first-order valence-electron chi connectivity index (χ1n) is 5.81. The minimum Gasteiger partial charge on any atom is -1.00 e. The lowest BCUT2D eigenvalue weighted by Crippen LogP contribution is -3.00. The zero-order valence-electron chi connectivity index (χ0n) is 10.4. The van der Waals surface area contributed by atoms with Gasteiger partial charge in [-0.2, -0.15) is 0 Å². The standard InChI is InChI=1S/C11H22NO2S.ClH/c1-10-8-11(2,3)9-12(10)4-6-15(13,14)7-5-12;/h10H,4-9H2,1-3H3;1H/q+1;/p-1. The van der Waals surface area contributed by atoms with Crippen LogP contribution in [0.4, 0.5) is 0 Å². The second-order valence-corrected chi connectivity index (χ2v) is 8.50. The molecule has 3 nitrogen and oxygen atoms in total. The first-order chi connectivity index (χ1) is 6.75. The van der Waals surface area contributed by atoms with Crippen LogP contribution in [0.25, 0.3) is 0 Å². The van der Waals surface area contributed by atoms with Crippen LogP contribution in [0.5, 0.6) is 0 Å². The van der Waals surface area contributed by atoms with Gasteiger partial charge < -0.3 is 16.9 Å². The van der Waals surface area contributed by atoms with Crippen molar-refractivity contribution in [1.82, 2.24) is 0 Å². The van der Waals surface area contributed by atoms with Crippen molar-refractivity contribution in [3.05, 3.63) is 0 Å². The Kier molecular flexibility index (Phi) is 3.69. The Morgan fingerprint density at radius 2 is 1.69 bits per heavy atom. The molecule has 0 N–H and O–H groups in total. The highest BCUT2D eigenvalue weighted by molar-refractivity contribution is 7.91. The Hall–Kier alpha value is 0.200. The molecule has 2 aliphatic rings. The van der Waals surface area contributed by atoms with Gasteiger partial charge in [0.25, 0.3) is 0 Å². The molecule has 0 aromatic rings. The van der Waals surface area contributed by atoms with Gasteiger partial charge >= 0.3 is 0 Å². The Morgan fingerprint density at radius 1 is 1.19 bits per heavy atom. The van der Waals surface area contributed by atoms with Crippen molar-refractivity contribution in [1.29, 1.82) is 0 Å². The molecule has 1 unspecified atom stereocenters. The fraction of sp³-hybridized carbons (Fsp3) is 1.00. The maximum absolute atomic E-state index is 11.4. The van der Waals surface area contributed by atoms with Crippen molar-refractivity contribution in [2.75, 3.05) is 31.1 Å². The molecule has 2 rings (SSSR count). The summed E-state index contributed by atoms with van der Waals surface area (Å²) in [6.45, 7) is 9.73.